The molecule has 0 amide bonds. The normalized spacial score (nSPS) is 10.6. The van der Waals surface area contributed by atoms with E-state index in [-0.39, 0.29) is 76.4 Å². The van der Waals surface area contributed by atoms with Gasteiger partial charge in [0.25, 0.3) is 0 Å². The second-order valence-electron chi connectivity index (χ2n) is 6.44. The fourth-order valence-corrected chi connectivity index (χ4v) is 4.23. The second kappa shape index (κ2) is 12.2. The Morgan fingerprint density at radius 1 is 0.875 bits per heavy atom. The molecule has 0 fully saturated rings. The molecule has 0 atom stereocenters. The number of aryl methyl sites for hydroxylation is 1. The van der Waals surface area contributed by atoms with Crippen LogP contribution in [0.15, 0.2) is 30.5 Å². The summed E-state index contributed by atoms with van der Waals surface area (Å²) in [7, 11) is -0.974. The van der Waals surface area contributed by atoms with Crippen molar-refractivity contribution in [3.8, 4) is 44.6 Å². The van der Waals surface area contributed by atoms with E-state index in [2.05, 4.69) is 8.90 Å². The average molecular weight is 495 g/mol. The molecule has 160 valence electrons. The van der Waals surface area contributed by atoms with Gasteiger partial charge in [-0.2, -0.15) is 4.37 Å². The number of benzene rings is 2. The molecule has 8 nitrogen and oxygen atoms in total. The molecule has 3 aromatic rings. The number of hydrogen-bond donors (Lipinski definition) is 0. The van der Waals surface area contributed by atoms with E-state index in [0.29, 0.717) is 11.1 Å². The van der Waals surface area contributed by atoms with Crippen LogP contribution in [-0.2, 0) is 4.57 Å². The SMILES string of the molecule is COc1cc(-c2sncc2-c2cc(OC)c(OC)c(OP(=O)([O-])[O-])c2)cc(C)c1C.[Na+].[Na+]. The molecule has 0 N–H and O–H groups in total. The number of rotatable bonds is 7. The molecule has 0 radical (unpaired) electrons. The van der Waals surface area contributed by atoms with Gasteiger partial charge in [-0.3, -0.25) is 0 Å². The first-order valence-corrected chi connectivity index (χ1v) is 11.0. The molecule has 0 aliphatic heterocycles. The van der Waals surface area contributed by atoms with Gasteiger partial charge in [0.15, 0.2) is 11.5 Å². The van der Waals surface area contributed by atoms with Crippen molar-refractivity contribution in [2.75, 3.05) is 21.3 Å². The summed E-state index contributed by atoms with van der Waals surface area (Å²) in [5.41, 5.74) is 4.25. The van der Waals surface area contributed by atoms with Crippen molar-refractivity contribution in [3.63, 3.8) is 0 Å². The number of aromatic nitrogens is 1. The number of methoxy groups -OCH3 is 3. The van der Waals surface area contributed by atoms with Crippen LogP contribution in [0.4, 0.5) is 0 Å². The van der Waals surface area contributed by atoms with Crippen molar-refractivity contribution < 1.29 is 92.2 Å². The Bertz CT molecular complexity index is 1130. The van der Waals surface area contributed by atoms with Gasteiger partial charge in [0.05, 0.1) is 26.2 Å². The first kappa shape index (κ1) is 29.5. The van der Waals surface area contributed by atoms with Crippen LogP contribution in [0.5, 0.6) is 23.0 Å². The molecule has 3 rings (SSSR count). The van der Waals surface area contributed by atoms with E-state index in [1.807, 2.05) is 26.0 Å². The molecule has 1 aromatic heterocycles. The summed E-state index contributed by atoms with van der Waals surface area (Å²) in [5, 5.41) is 0. The maximum atomic E-state index is 11.2. The van der Waals surface area contributed by atoms with E-state index in [1.54, 1.807) is 19.4 Å². The summed E-state index contributed by atoms with van der Waals surface area (Å²) in [6.07, 6.45) is 1.65. The van der Waals surface area contributed by atoms with Crippen molar-refractivity contribution in [1.29, 1.82) is 0 Å². The summed E-state index contributed by atoms with van der Waals surface area (Å²) in [6, 6.07) is 7.02. The van der Waals surface area contributed by atoms with Crippen LogP contribution in [0, 0.1) is 13.8 Å². The van der Waals surface area contributed by atoms with Gasteiger partial charge in [0, 0.05) is 11.8 Å². The van der Waals surface area contributed by atoms with Crippen LogP contribution in [-0.4, -0.2) is 25.7 Å². The van der Waals surface area contributed by atoms with Crippen molar-refractivity contribution in [2.24, 2.45) is 0 Å². The minimum Gasteiger partial charge on any atom is -0.780 e. The van der Waals surface area contributed by atoms with Crippen molar-refractivity contribution in [1.82, 2.24) is 4.37 Å². The van der Waals surface area contributed by atoms with Gasteiger partial charge in [0.2, 0.25) is 5.75 Å². The topological polar surface area (TPSA) is 113 Å². The third kappa shape index (κ3) is 6.51. The Hall–Kier alpha value is -0.580. The smallest absolute Gasteiger partial charge is 0.780 e. The third-order valence-corrected chi connectivity index (χ3v) is 5.91. The molecule has 0 bridgehead atoms. The van der Waals surface area contributed by atoms with E-state index in [1.165, 1.54) is 31.8 Å². The fraction of sp³-hybridized carbons (Fsp3) is 0.250. The van der Waals surface area contributed by atoms with Crippen molar-refractivity contribution in [2.45, 2.75) is 13.8 Å². The summed E-state index contributed by atoms with van der Waals surface area (Å²) in [6.45, 7) is 3.97. The van der Waals surface area contributed by atoms with Gasteiger partial charge in [-0.25, -0.2) is 0 Å². The quantitative estimate of drug-likeness (QED) is 0.258. The average Bonchev–Trinajstić information content (AvgIpc) is 3.18. The number of nitrogens with zero attached hydrogens (tertiary/aromatic N) is 1. The Morgan fingerprint density at radius 2 is 1.47 bits per heavy atom. The van der Waals surface area contributed by atoms with Crippen LogP contribution in [0.3, 0.4) is 0 Å². The van der Waals surface area contributed by atoms with E-state index < -0.39 is 7.82 Å². The van der Waals surface area contributed by atoms with E-state index in [9.17, 15) is 14.4 Å². The second-order valence-corrected chi connectivity index (χ2v) is 8.32. The van der Waals surface area contributed by atoms with E-state index >= 15 is 0 Å². The zero-order chi connectivity index (χ0) is 22.1. The minimum absolute atomic E-state index is 0. The first-order chi connectivity index (χ1) is 14.2. The molecule has 1 heterocycles. The zero-order valence-electron chi connectivity index (χ0n) is 19.0. The molecule has 12 heteroatoms. The largest absolute Gasteiger partial charge is 1.00 e. The number of hydrogen-bond acceptors (Lipinski definition) is 9. The molecular weight excluding hydrogens is 475 g/mol. The first-order valence-electron chi connectivity index (χ1n) is 8.76. The standard InChI is InChI=1S/C20H22NO7PS.2Na/c1-11-6-14(9-16(25-3)12(11)2)20-15(10-21-30-20)13-7-17(26-4)19(27-5)18(8-13)28-29(22,23)24;;/h6-10H,1-5H3,(H2,22,23,24);;/q;2*+1/p-2. The Kier molecular flexibility index (Phi) is 11.2. The molecular formula is C20H20NNa2O7PS. The predicted octanol–water partition coefficient (Wildman–Crippen LogP) is -2.66. The van der Waals surface area contributed by atoms with Crippen LogP contribution in [0.25, 0.3) is 21.6 Å². The van der Waals surface area contributed by atoms with E-state index in [4.69, 9.17) is 14.2 Å². The zero-order valence-corrected chi connectivity index (χ0v) is 24.8. The molecule has 0 aliphatic carbocycles. The van der Waals surface area contributed by atoms with Crippen molar-refractivity contribution >= 4 is 19.4 Å². The van der Waals surface area contributed by atoms with E-state index in [0.717, 1.165) is 27.3 Å². The van der Waals surface area contributed by atoms with Gasteiger partial charge >= 0.3 is 59.1 Å². The molecule has 32 heavy (non-hydrogen) atoms. The summed E-state index contributed by atoms with van der Waals surface area (Å²) < 4.78 is 36.1. The Balaban J connectivity index is 0.00000256. The monoisotopic (exact) mass is 495 g/mol. The van der Waals surface area contributed by atoms with Crippen LogP contribution >= 0.6 is 19.4 Å². The molecule has 2 aromatic carbocycles. The van der Waals surface area contributed by atoms with Gasteiger partial charge in [0.1, 0.15) is 13.6 Å². The minimum atomic E-state index is -5.31. The molecule has 0 unspecified atom stereocenters. The van der Waals surface area contributed by atoms with Crippen LogP contribution in [0.2, 0.25) is 0 Å². The summed E-state index contributed by atoms with van der Waals surface area (Å²) >= 11 is 1.28. The maximum absolute atomic E-state index is 11.2. The number of phosphoric ester groups is 1. The van der Waals surface area contributed by atoms with Crippen LogP contribution < -0.4 is 87.6 Å². The van der Waals surface area contributed by atoms with Crippen LogP contribution in [0.1, 0.15) is 11.1 Å². The Morgan fingerprint density at radius 3 is 2.03 bits per heavy atom. The molecule has 0 saturated carbocycles. The van der Waals surface area contributed by atoms with Gasteiger partial charge in [-0.05, 0) is 65.8 Å². The maximum Gasteiger partial charge on any atom is 1.00 e. The molecule has 0 spiro atoms. The Labute approximate surface area is 235 Å². The van der Waals surface area contributed by atoms with Crippen molar-refractivity contribution in [3.05, 3.63) is 41.6 Å². The summed E-state index contributed by atoms with van der Waals surface area (Å²) in [5.74, 6) is 0.716. The van der Waals surface area contributed by atoms with Gasteiger partial charge in [-0.1, -0.05) is 6.07 Å². The number of ether oxygens (including phenoxy) is 3. The summed E-state index contributed by atoms with van der Waals surface area (Å²) in [4.78, 5) is 23.3. The molecule has 0 aliphatic rings. The third-order valence-electron chi connectivity index (χ3n) is 4.64. The molecule has 0 saturated heterocycles. The van der Waals surface area contributed by atoms with Gasteiger partial charge in [-0.15, -0.1) is 0 Å². The fourth-order valence-electron chi connectivity index (χ4n) is 3.10. The predicted molar refractivity (Wildman–Crippen MR) is 110 cm³/mol. The van der Waals surface area contributed by atoms with Gasteiger partial charge < -0.3 is 33.1 Å². The number of phosphoric acid groups is 1.